The van der Waals surface area contributed by atoms with Crippen molar-refractivity contribution in [2.45, 2.75) is 25.0 Å². The van der Waals surface area contributed by atoms with E-state index in [2.05, 4.69) is 0 Å². The molecular formula is C14H16O4. The molecule has 2 aromatic rings. The van der Waals surface area contributed by atoms with Crippen LogP contribution < -0.4 is 0 Å². The SMILES string of the molecule is OC(C/C=C/CC(O)c1ccco1)c1ccco1. The third-order valence-electron chi connectivity index (χ3n) is 2.63. The van der Waals surface area contributed by atoms with E-state index in [9.17, 15) is 10.2 Å². The lowest BCUT2D eigenvalue weighted by molar-refractivity contribution is 0.149. The van der Waals surface area contributed by atoms with Gasteiger partial charge in [-0.3, -0.25) is 0 Å². The minimum Gasteiger partial charge on any atom is -0.467 e. The molecule has 0 aliphatic rings. The minimum absolute atomic E-state index is 0.457. The zero-order valence-electron chi connectivity index (χ0n) is 9.90. The van der Waals surface area contributed by atoms with Crippen molar-refractivity contribution in [1.82, 2.24) is 0 Å². The Morgan fingerprint density at radius 2 is 1.33 bits per heavy atom. The van der Waals surface area contributed by atoms with Gasteiger partial charge < -0.3 is 19.0 Å². The second-order valence-corrected chi connectivity index (χ2v) is 4.01. The van der Waals surface area contributed by atoms with Crippen molar-refractivity contribution in [2.24, 2.45) is 0 Å². The third-order valence-corrected chi connectivity index (χ3v) is 2.63. The maximum absolute atomic E-state index is 9.73. The number of aliphatic hydroxyl groups is 2. The molecule has 0 radical (unpaired) electrons. The predicted molar refractivity (Wildman–Crippen MR) is 65.7 cm³/mol. The van der Waals surface area contributed by atoms with Crippen molar-refractivity contribution in [3.8, 4) is 0 Å². The number of aliphatic hydroxyl groups excluding tert-OH is 2. The molecule has 0 aliphatic heterocycles. The average Bonchev–Trinajstić information content (AvgIpc) is 3.05. The molecule has 4 heteroatoms. The van der Waals surface area contributed by atoms with Crippen LogP contribution in [0.3, 0.4) is 0 Å². The topological polar surface area (TPSA) is 66.7 Å². The predicted octanol–water partition coefficient (Wildman–Crippen LogP) is 2.98. The third kappa shape index (κ3) is 3.35. The molecule has 2 unspecified atom stereocenters. The van der Waals surface area contributed by atoms with Crippen LogP contribution in [-0.4, -0.2) is 10.2 Å². The van der Waals surface area contributed by atoms with E-state index in [0.29, 0.717) is 24.4 Å². The van der Waals surface area contributed by atoms with Crippen LogP contribution in [0.1, 0.15) is 36.6 Å². The van der Waals surface area contributed by atoms with E-state index in [4.69, 9.17) is 8.83 Å². The highest BCUT2D eigenvalue weighted by Crippen LogP contribution is 2.19. The highest BCUT2D eigenvalue weighted by molar-refractivity contribution is 5.05. The number of rotatable bonds is 6. The molecule has 2 N–H and O–H groups in total. The molecule has 0 saturated carbocycles. The zero-order chi connectivity index (χ0) is 12.8. The van der Waals surface area contributed by atoms with E-state index in [0.717, 1.165) is 0 Å². The summed E-state index contributed by atoms with van der Waals surface area (Å²) < 4.78 is 10.2. The van der Waals surface area contributed by atoms with Gasteiger partial charge in [-0.05, 0) is 37.1 Å². The average molecular weight is 248 g/mol. The first-order chi connectivity index (χ1) is 8.77. The van der Waals surface area contributed by atoms with Crippen molar-refractivity contribution in [1.29, 1.82) is 0 Å². The lowest BCUT2D eigenvalue weighted by Crippen LogP contribution is -1.94. The summed E-state index contributed by atoms with van der Waals surface area (Å²) in [6.45, 7) is 0. The molecule has 0 aromatic carbocycles. The van der Waals surface area contributed by atoms with Crippen LogP contribution in [0.25, 0.3) is 0 Å². The summed E-state index contributed by atoms with van der Waals surface area (Å²) in [7, 11) is 0. The first-order valence-electron chi connectivity index (χ1n) is 5.85. The van der Waals surface area contributed by atoms with E-state index in [1.165, 1.54) is 12.5 Å². The standard InChI is InChI=1S/C14H16O4/c15-11(13-7-3-9-17-13)5-1-2-6-12(16)14-8-4-10-18-14/h1-4,7-12,15-16H,5-6H2/b2-1+. The van der Waals surface area contributed by atoms with Gasteiger partial charge in [0.1, 0.15) is 23.7 Å². The van der Waals surface area contributed by atoms with Gasteiger partial charge in [0, 0.05) is 0 Å². The molecule has 0 aliphatic carbocycles. The molecule has 96 valence electrons. The lowest BCUT2D eigenvalue weighted by Gasteiger charge is -2.05. The Morgan fingerprint density at radius 1 is 0.889 bits per heavy atom. The molecule has 2 aromatic heterocycles. The van der Waals surface area contributed by atoms with Crippen LogP contribution in [0.2, 0.25) is 0 Å². The van der Waals surface area contributed by atoms with E-state index in [-0.39, 0.29) is 0 Å². The van der Waals surface area contributed by atoms with Gasteiger partial charge in [0.25, 0.3) is 0 Å². The maximum Gasteiger partial charge on any atom is 0.132 e. The molecular weight excluding hydrogens is 232 g/mol. The fourth-order valence-electron chi connectivity index (χ4n) is 1.64. The lowest BCUT2D eigenvalue weighted by atomic mass is 10.1. The van der Waals surface area contributed by atoms with E-state index in [1.54, 1.807) is 24.3 Å². The fraction of sp³-hybridized carbons (Fsp3) is 0.286. The Kier molecular flexibility index (Phi) is 4.39. The molecule has 4 nitrogen and oxygen atoms in total. The van der Waals surface area contributed by atoms with Crippen LogP contribution >= 0.6 is 0 Å². The summed E-state index contributed by atoms with van der Waals surface area (Å²) in [4.78, 5) is 0. The van der Waals surface area contributed by atoms with Gasteiger partial charge in [-0.2, -0.15) is 0 Å². The molecule has 2 rings (SSSR count). The van der Waals surface area contributed by atoms with Crippen molar-refractivity contribution in [3.05, 3.63) is 60.5 Å². The van der Waals surface area contributed by atoms with Crippen LogP contribution in [0.5, 0.6) is 0 Å². The van der Waals surface area contributed by atoms with Gasteiger partial charge in [-0.1, -0.05) is 12.2 Å². The van der Waals surface area contributed by atoms with Gasteiger partial charge in [0.2, 0.25) is 0 Å². The number of hydrogen-bond donors (Lipinski definition) is 2. The van der Waals surface area contributed by atoms with Crippen molar-refractivity contribution in [2.75, 3.05) is 0 Å². The van der Waals surface area contributed by atoms with Gasteiger partial charge in [0.05, 0.1) is 12.5 Å². The van der Waals surface area contributed by atoms with Gasteiger partial charge in [-0.15, -0.1) is 0 Å². The summed E-state index contributed by atoms with van der Waals surface area (Å²) >= 11 is 0. The van der Waals surface area contributed by atoms with Crippen LogP contribution in [0.15, 0.2) is 57.8 Å². The van der Waals surface area contributed by atoms with Gasteiger partial charge in [-0.25, -0.2) is 0 Å². The quantitative estimate of drug-likeness (QED) is 0.771. The summed E-state index contributed by atoms with van der Waals surface area (Å²) in [6.07, 6.45) is 6.33. The largest absolute Gasteiger partial charge is 0.467 e. The Balaban J connectivity index is 1.75. The molecule has 0 bridgehead atoms. The highest BCUT2D eigenvalue weighted by atomic mass is 16.4. The molecule has 2 heterocycles. The molecule has 2 atom stereocenters. The van der Waals surface area contributed by atoms with Crippen molar-refractivity contribution >= 4 is 0 Å². The minimum atomic E-state index is -0.642. The van der Waals surface area contributed by atoms with Crippen molar-refractivity contribution < 1.29 is 19.0 Å². The Labute approximate surface area is 105 Å². The summed E-state index contributed by atoms with van der Waals surface area (Å²) in [5.74, 6) is 1.09. The first-order valence-corrected chi connectivity index (χ1v) is 5.85. The van der Waals surface area contributed by atoms with Crippen LogP contribution in [0, 0.1) is 0 Å². The second-order valence-electron chi connectivity index (χ2n) is 4.01. The molecule has 0 saturated heterocycles. The summed E-state index contributed by atoms with van der Waals surface area (Å²) in [6, 6.07) is 6.94. The second kappa shape index (κ2) is 6.23. The van der Waals surface area contributed by atoms with E-state index in [1.807, 2.05) is 12.2 Å². The van der Waals surface area contributed by atoms with Crippen LogP contribution in [-0.2, 0) is 0 Å². The van der Waals surface area contributed by atoms with Crippen LogP contribution in [0.4, 0.5) is 0 Å². The molecule has 0 spiro atoms. The normalized spacial score (nSPS) is 15.0. The molecule has 18 heavy (non-hydrogen) atoms. The molecule has 0 amide bonds. The summed E-state index contributed by atoms with van der Waals surface area (Å²) in [5.41, 5.74) is 0. The fourth-order valence-corrected chi connectivity index (χ4v) is 1.64. The Hall–Kier alpha value is -1.78. The monoisotopic (exact) mass is 248 g/mol. The van der Waals surface area contributed by atoms with Gasteiger partial charge >= 0.3 is 0 Å². The summed E-state index contributed by atoms with van der Waals surface area (Å²) in [5, 5.41) is 19.5. The first kappa shape index (κ1) is 12.7. The van der Waals surface area contributed by atoms with Gasteiger partial charge in [0.15, 0.2) is 0 Å². The Bertz CT molecular complexity index is 412. The maximum atomic E-state index is 9.73. The number of furan rings is 2. The number of hydrogen-bond acceptors (Lipinski definition) is 4. The van der Waals surface area contributed by atoms with E-state index < -0.39 is 12.2 Å². The van der Waals surface area contributed by atoms with E-state index >= 15 is 0 Å². The molecule has 0 fully saturated rings. The Morgan fingerprint density at radius 3 is 1.67 bits per heavy atom. The highest BCUT2D eigenvalue weighted by Gasteiger charge is 2.09. The van der Waals surface area contributed by atoms with Crippen molar-refractivity contribution in [3.63, 3.8) is 0 Å². The zero-order valence-corrected chi connectivity index (χ0v) is 9.90. The smallest absolute Gasteiger partial charge is 0.132 e.